The predicted molar refractivity (Wildman–Crippen MR) is 75.6 cm³/mol. The Balaban J connectivity index is 2.35. The van der Waals surface area contributed by atoms with Crippen LogP contribution in [0, 0.1) is 5.92 Å². The van der Waals surface area contributed by atoms with Crippen LogP contribution in [0.5, 0.6) is 0 Å². The van der Waals surface area contributed by atoms with Gasteiger partial charge in [-0.2, -0.15) is 0 Å². The summed E-state index contributed by atoms with van der Waals surface area (Å²) in [6, 6.07) is 0.604. The highest BCUT2D eigenvalue weighted by molar-refractivity contribution is 5.78. The molecule has 0 aromatic carbocycles. The number of nitrogens with zero attached hydrogens (tertiary/aromatic N) is 3. The van der Waals surface area contributed by atoms with Gasteiger partial charge < -0.3 is 14.7 Å². The molecular formula is C14H29N3O. The van der Waals surface area contributed by atoms with Gasteiger partial charge in [0.25, 0.3) is 0 Å². The summed E-state index contributed by atoms with van der Waals surface area (Å²) in [5.74, 6) is 0.576. The number of carbonyl (C=O) groups is 1. The molecule has 1 amide bonds. The number of hydrogen-bond acceptors (Lipinski definition) is 3. The first-order valence-corrected chi connectivity index (χ1v) is 7.05. The van der Waals surface area contributed by atoms with E-state index in [4.69, 9.17) is 0 Å². The minimum Gasteiger partial charge on any atom is -0.344 e. The molecule has 106 valence electrons. The van der Waals surface area contributed by atoms with Crippen molar-refractivity contribution in [1.29, 1.82) is 0 Å². The first-order valence-electron chi connectivity index (χ1n) is 7.05. The number of rotatable bonds is 5. The summed E-state index contributed by atoms with van der Waals surface area (Å²) < 4.78 is 0. The van der Waals surface area contributed by atoms with Gasteiger partial charge in [-0.25, -0.2) is 0 Å². The zero-order valence-corrected chi connectivity index (χ0v) is 12.6. The Morgan fingerprint density at radius 2 is 1.72 bits per heavy atom. The molecule has 0 radical (unpaired) electrons. The number of piperidine rings is 1. The van der Waals surface area contributed by atoms with Crippen LogP contribution >= 0.6 is 0 Å². The van der Waals surface area contributed by atoms with Crippen molar-refractivity contribution in [2.75, 3.05) is 47.3 Å². The van der Waals surface area contributed by atoms with Gasteiger partial charge >= 0.3 is 0 Å². The molecule has 1 heterocycles. The zero-order valence-electron chi connectivity index (χ0n) is 12.6. The molecule has 1 aliphatic rings. The highest BCUT2D eigenvalue weighted by atomic mass is 16.2. The van der Waals surface area contributed by atoms with Crippen molar-refractivity contribution in [3.63, 3.8) is 0 Å². The van der Waals surface area contributed by atoms with Gasteiger partial charge in [-0.3, -0.25) is 4.79 Å². The lowest BCUT2D eigenvalue weighted by atomic mass is 9.94. The van der Waals surface area contributed by atoms with Crippen LogP contribution in [0.4, 0.5) is 0 Å². The largest absolute Gasteiger partial charge is 0.344 e. The topological polar surface area (TPSA) is 26.8 Å². The minimum atomic E-state index is 0.243. The second-order valence-electron chi connectivity index (χ2n) is 5.97. The SMILES string of the molecule is CC(C)N1CCC(C(=O)N(C)CCN(C)C)CC1. The maximum absolute atomic E-state index is 12.3. The molecule has 0 N–H and O–H groups in total. The number of carbonyl (C=O) groups excluding carboxylic acids is 1. The van der Waals surface area contributed by atoms with E-state index in [1.165, 1.54) is 0 Å². The summed E-state index contributed by atoms with van der Waals surface area (Å²) in [5.41, 5.74) is 0. The molecule has 1 aliphatic heterocycles. The summed E-state index contributed by atoms with van der Waals surface area (Å²) in [6.45, 7) is 8.35. The van der Waals surface area contributed by atoms with E-state index in [-0.39, 0.29) is 5.92 Å². The molecule has 0 atom stereocenters. The van der Waals surface area contributed by atoms with Gasteiger partial charge in [0.1, 0.15) is 0 Å². The monoisotopic (exact) mass is 255 g/mol. The summed E-state index contributed by atoms with van der Waals surface area (Å²) in [6.07, 6.45) is 2.03. The van der Waals surface area contributed by atoms with E-state index >= 15 is 0 Å². The van der Waals surface area contributed by atoms with E-state index in [1.807, 2.05) is 26.0 Å². The van der Waals surface area contributed by atoms with Crippen molar-refractivity contribution >= 4 is 5.91 Å². The van der Waals surface area contributed by atoms with E-state index in [0.29, 0.717) is 11.9 Å². The highest BCUT2D eigenvalue weighted by Crippen LogP contribution is 2.20. The average molecular weight is 255 g/mol. The van der Waals surface area contributed by atoms with E-state index in [2.05, 4.69) is 23.6 Å². The van der Waals surface area contributed by atoms with Crippen molar-refractivity contribution < 1.29 is 4.79 Å². The van der Waals surface area contributed by atoms with E-state index in [9.17, 15) is 4.79 Å². The number of hydrogen-bond donors (Lipinski definition) is 0. The van der Waals surface area contributed by atoms with Crippen LogP contribution in [-0.2, 0) is 4.79 Å². The molecular weight excluding hydrogens is 226 g/mol. The second kappa shape index (κ2) is 7.10. The molecule has 0 spiro atoms. The van der Waals surface area contributed by atoms with Crippen LogP contribution in [0.3, 0.4) is 0 Å². The molecule has 0 aromatic rings. The molecule has 0 unspecified atom stereocenters. The molecule has 1 saturated heterocycles. The third-order valence-electron chi connectivity index (χ3n) is 3.87. The van der Waals surface area contributed by atoms with Crippen LogP contribution in [0.2, 0.25) is 0 Å². The fourth-order valence-electron chi connectivity index (χ4n) is 2.43. The average Bonchev–Trinajstić information content (AvgIpc) is 2.35. The van der Waals surface area contributed by atoms with Crippen LogP contribution < -0.4 is 0 Å². The first-order chi connectivity index (χ1) is 8.41. The Morgan fingerprint density at radius 3 is 2.17 bits per heavy atom. The lowest BCUT2D eigenvalue weighted by Crippen LogP contribution is -2.44. The highest BCUT2D eigenvalue weighted by Gasteiger charge is 2.27. The third-order valence-corrected chi connectivity index (χ3v) is 3.87. The van der Waals surface area contributed by atoms with E-state index < -0.39 is 0 Å². The van der Waals surface area contributed by atoms with Crippen molar-refractivity contribution in [1.82, 2.24) is 14.7 Å². The van der Waals surface area contributed by atoms with Gasteiger partial charge in [0, 0.05) is 32.1 Å². The van der Waals surface area contributed by atoms with Gasteiger partial charge in [-0.15, -0.1) is 0 Å². The second-order valence-corrected chi connectivity index (χ2v) is 5.97. The molecule has 0 bridgehead atoms. The Hall–Kier alpha value is -0.610. The Morgan fingerprint density at radius 1 is 1.17 bits per heavy atom. The van der Waals surface area contributed by atoms with Crippen LogP contribution in [-0.4, -0.2) is 74.0 Å². The molecule has 4 nitrogen and oxygen atoms in total. The van der Waals surface area contributed by atoms with Gasteiger partial charge in [-0.1, -0.05) is 0 Å². The fourth-order valence-corrected chi connectivity index (χ4v) is 2.43. The van der Waals surface area contributed by atoms with E-state index in [0.717, 1.165) is 39.0 Å². The third kappa shape index (κ3) is 4.58. The summed E-state index contributed by atoms with van der Waals surface area (Å²) in [5, 5.41) is 0. The van der Waals surface area contributed by atoms with Gasteiger partial charge in [0.15, 0.2) is 0 Å². The Kier molecular flexibility index (Phi) is 6.09. The molecule has 0 aromatic heterocycles. The summed E-state index contributed by atoms with van der Waals surface area (Å²) >= 11 is 0. The normalized spacial score (nSPS) is 18.6. The fraction of sp³-hybridized carbons (Fsp3) is 0.929. The lowest BCUT2D eigenvalue weighted by Gasteiger charge is -2.35. The number of amides is 1. The van der Waals surface area contributed by atoms with Crippen molar-refractivity contribution in [2.45, 2.75) is 32.7 Å². The lowest BCUT2D eigenvalue weighted by molar-refractivity contribution is -0.136. The zero-order chi connectivity index (χ0) is 13.7. The summed E-state index contributed by atoms with van der Waals surface area (Å²) in [7, 11) is 6.01. The Labute approximate surface area is 112 Å². The standard InChI is InChI=1S/C14H29N3O/c1-12(2)17-8-6-13(7-9-17)14(18)16(5)11-10-15(3)4/h12-13H,6-11H2,1-5H3. The Bertz CT molecular complexity index is 258. The molecule has 4 heteroatoms. The van der Waals surface area contributed by atoms with Crippen molar-refractivity contribution in [2.24, 2.45) is 5.92 Å². The molecule has 0 saturated carbocycles. The van der Waals surface area contributed by atoms with Crippen molar-refractivity contribution in [3.05, 3.63) is 0 Å². The van der Waals surface area contributed by atoms with Crippen molar-refractivity contribution in [3.8, 4) is 0 Å². The van der Waals surface area contributed by atoms with Crippen LogP contribution in [0.15, 0.2) is 0 Å². The van der Waals surface area contributed by atoms with Gasteiger partial charge in [0.05, 0.1) is 0 Å². The van der Waals surface area contributed by atoms with E-state index in [1.54, 1.807) is 0 Å². The van der Waals surface area contributed by atoms with Gasteiger partial charge in [0.2, 0.25) is 5.91 Å². The predicted octanol–water partition coefficient (Wildman–Crippen LogP) is 1.13. The number of likely N-dealkylation sites (N-methyl/N-ethyl adjacent to an activating group) is 2. The first kappa shape index (κ1) is 15.4. The number of likely N-dealkylation sites (tertiary alicyclic amines) is 1. The minimum absolute atomic E-state index is 0.243. The van der Waals surface area contributed by atoms with Gasteiger partial charge in [-0.05, 0) is 53.9 Å². The van der Waals surface area contributed by atoms with Crippen LogP contribution in [0.25, 0.3) is 0 Å². The molecule has 1 fully saturated rings. The molecule has 1 rings (SSSR count). The summed E-state index contributed by atoms with van der Waals surface area (Å²) in [4.78, 5) is 18.8. The maximum atomic E-state index is 12.3. The quantitative estimate of drug-likeness (QED) is 0.737. The van der Waals surface area contributed by atoms with Crippen LogP contribution in [0.1, 0.15) is 26.7 Å². The molecule has 0 aliphatic carbocycles. The smallest absolute Gasteiger partial charge is 0.225 e. The molecule has 18 heavy (non-hydrogen) atoms. The maximum Gasteiger partial charge on any atom is 0.225 e.